The van der Waals surface area contributed by atoms with Gasteiger partial charge in [-0.2, -0.15) is 0 Å². The number of carboxylic acids is 1. The van der Waals surface area contributed by atoms with E-state index >= 15 is 0 Å². The SMILES string of the molecule is CCCC(Oc1ccc(-c2c(C)noc2C)cc1)c1ccc(C(=O)NCCC(=O)O)cc1. The van der Waals surface area contributed by atoms with Crippen LogP contribution < -0.4 is 10.1 Å². The average molecular weight is 437 g/mol. The molecule has 1 amide bonds. The molecule has 0 radical (unpaired) electrons. The quantitative estimate of drug-likeness (QED) is 0.459. The van der Waals surface area contributed by atoms with E-state index in [0.717, 1.165) is 46.7 Å². The van der Waals surface area contributed by atoms with Gasteiger partial charge in [0.25, 0.3) is 5.91 Å². The summed E-state index contributed by atoms with van der Waals surface area (Å²) in [7, 11) is 0. The van der Waals surface area contributed by atoms with Crippen molar-refractivity contribution in [2.45, 2.75) is 46.1 Å². The molecule has 0 spiro atoms. The van der Waals surface area contributed by atoms with Crippen LogP contribution in [0.5, 0.6) is 5.75 Å². The Morgan fingerprint density at radius 2 is 1.78 bits per heavy atom. The number of hydrogen-bond donors (Lipinski definition) is 2. The first-order chi connectivity index (χ1) is 15.4. The first kappa shape index (κ1) is 23.1. The summed E-state index contributed by atoms with van der Waals surface area (Å²) < 4.78 is 11.5. The normalized spacial score (nSPS) is 11.7. The zero-order valence-electron chi connectivity index (χ0n) is 18.6. The van der Waals surface area contributed by atoms with Crippen molar-refractivity contribution in [2.75, 3.05) is 6.54 Å². The lowest BCUT2D eigenvalue weighted by Crippen LogP contribution is -2.26. The van der Waals surface area contributed by atoms with Crippen LogP contribution in [-0.4, -0.2) is 28.7 Å². The van der Waals surface area contributed by atoms with Gasteiger partial charge >= 0.3 is 5.97 Å². The number of carbonyl (C=O) groups excluding carboxylic acids is 1. The minimum absolute atomic E-state index is 0.0986. The molecule has 1 unspecified atom stereocenters. The summed E-state index contributed by atoms with van der Waals surface area (Å²) in [5, 5.41) is 15.3. The third kappa shape index (κ3) is 5.75. The van der Waals surface area contributed by atoms with E-state index in [1.807, 2.05) is 50.2 Å². The lowest BCUT2D eigenvalue weighted by atomic mass is 10.0. The van der Waals surface area contributed by atoms with Crippen molar-refractivity contribution in [3.05, 3.63) is 71.1 Å². The number of benzene rings is 2. The highest BCUT2D eigenvalue weighted by Crippen LogP contribution is 2.31. The van der Waals surface area contributed by atoms with Gasteiger partial charge in [-0.3, -0.25) is 9.59 Å². The molecule has 168 valence electrons. The molecule has 0 aliphatic carbocycles. The van der Waals surface area contributed by atoms with Gasteiger partial charge in [0.1, 0.15) is 17.6 Å². The summed E-state index contributed by atoms with van der Waals surface area (Å²) in [5.74, 6) is 0.308. The summed E-state index contributed by atoms with van der Waals surface area (Å²) in [6.07, 6.45) is 1.52. The Hall–Kier alpha value is -3.61. The zero-order valence-corrected chi connectivity index (χ0v) is 18.6. The van der Waals surface area contributed by atoms with Crippen molar-refractivity contribution in [3.63, 3.8) is 0 Å². The van der Waals surface area contributed by atoms with Crippen molar-refractivity contribution in [1.82, 2.24) is 10.5 Å². The molecule has 3 rings (SSSR count). The van der Waals surface area contributed by atoms with Gasteiger partial charge in [-0.1, -0.05) is 42.8 Å². The Bertz CT molecular complexity index is 1040. The smallest absolute Gasteiger partial charge is 0.305 e. The Labute approximate surface area is 187 Å². The number of ether oxygens (including phenoxy) is 1. The van der Waals surface area contributed by atoms with Gasteiger partial charge in [-0.05, 0) is 55.7 Å². The van der Waals surface area contributed by atoms with Crippen molar-refractivity contribution in [3.8, 4) is 16.9 Å². The molecule has 1 atom stereocenters. The number of aliphatic carboxylic acids is 1. The molecular weight excluding hydrogens is 408 g/mol. The zero-order chi connectivity index (χ0) is 23.1. The first-order valence-corrected chi connectivity index (χ1v) is 10.7. The molecule has 7 nitrogen and oxygen atoms in total. The van der Waals surface area contributed by atoms with E-state index in [0.29, 0.717) is 5.56 Å². The number of nitrogens with zero attached hydrogens (tertiary/aromatic N) is 1. The molecule has 0 fully saturated rings. The van der Waals surface area contributed by atoms with Crippen LogP contribution in [0.15, 0.2) is 53.1 Å². The monoisotopic (exact) mass is 436 g/mol. The summed E-state index contributed by atoms with van der Waals surface area (Å²) in [6.45, 7) is 6.01. The number of carboxylic acid groups (broad SMARTS) is 1. The van der Waals surface area contributed by atoms with Gasteiger partial charge in [-0.15, -0.1) is 0 Å². The number of amides is 1. The molecule has 32 heavy (non-hydrogen) atoms. The summed E-state index contributed by atoms with van der Waals surface area (Å²) in [6, 6.07) is 15.1. The van der Waals surface area contributed by atoms with Crippen molar-refractivity contribution >= 4 is 11.9 Å². The maximum Gasteiger partial charge on any atom is 0.305 e. The molecule has 1 aromatic heterocycles. The van der Waals surface area contributed by atoms with Crippen LogP contribution in [0.4, 0.5) is 0 Å². The van der Waals surface area contributed by atoms with Crippen LogP contribution in [0, 0.1) is 13.8 Å². The number of aryl methyl sites for hydroxylation is 2. The molecule has 3 aromatic rings. The van der Waals surface area contributed by atoms with Crippen molar-refractivity contribution < 1.29 is 24.0 Å². The fourth-order valence-electron chi connectivity index (χ4n) is 3.55. The van der Waals surface area contributed by atoms with E-state index < -0.39 is 5.97 Å². The molecule has 7 heteroatoms. The second kappa shape index (κ2) is 10.6. The Morgan fingerprint density at radius 1 is 1.09 bits per heavy atom. The molecule has 0 aliphatic rings. The van der Waals surface area contributed by atoms with Crippen LogP contribution in [0.1, 0.15) is 59.7 Å². The molecule has 0 saturated heterocycles. The fraction of sp³-hybridized carbons (Fsp3) is 0.320. The predicted octanol–water partition coefficient (Wildman–Crippen LogP) is 5.08. The van der Waals surface area contributed by atoms with Crippen LogP contribution in [0.3, 0.4) is 0 Å². The van der Waals surface area contributed by atoms with E-state index in [1.54, 1.807) is 12.1 Å². The average Bonchev–Trinajstić information content (AvgIpc) is 3.12. The van der Waals surface area contributed by atoms with Crippen molar-refractivity contribution in [1.29, 1.82) is 0 Å². The van der Waals surface area contributed by atoms with Crippen molar-refractivity contribution in [2.24, 2.45) is 0 Å². The molecule has 0 aliphatic heterocycles. The van der Waals surface area contributed by atoms with E-state index in [4.69, 9.17) is 14.4 Å². The number of hydrogen-bond acceptors (Lipinski definition) is 5. The topological polar surface area (TPSA) is 102 Å². The third-order valence-electron chi connectivity index (χ3n) is 5.17. The first-order valence-electron chi connectivity index (χ1n) is 10.7. The summed E-state index contributed by atoms with van der Waals surface area (Å²) in [4.78, 5) is 22.7. The Morgan fingerprint density at radius 3 is 2.34 bits per heavy atom. The van der Waals surface area contributed by atoms with Gasteiger partial charge in [0.2, 0.25) is 0 Å². The van der Waals surface area contributed by atoms with E-state index in [9.17, 15) is 9.59 Å². The number of carbonyl (C=O) groups is 2. The minimum Gasteiger partial charge on any atom is -0.486 e. The summed E-state index contributed by atoms with van der Waals surface area (Å²) in [5.41, 5.74) is 4.34. The lowest BCUT2D eigenvalue weighted by Gasteiger charge is -2.20. The number of nitrogens with one attached hydrogen (secondary N) is 1. The van der Waals surface area contributed by atoms with Crippen LogP contribution in [0.25, 0.3) is 11.1 Å². The number of rotatable bonds is 10. The summed E-state index contributed by atoms with van der Waals surface area (Å²) >= 11 is 0. The fourth-order valence-corrected chi connectivity index (χ4v) is 3.55. The highest BCUT2D eigenvalue weighted by atomic mass is 16.5. The van der Waals surface area contributed by atoms with E-state index in [1.165, 1.54) is 0 Å². The Balaban J connectivity index is 1.69. The molecule has 1 heterocycles. The Kier molecular flexibility index (Phi) is 7.65. The maximum atomic E-state index is 12.2. The van der Waals surface area contributed by atoms with Gasteiger partial charge in [0, 0.05) is 17.7 Å². The number of aromatic nitrogens is 1. The van der Waals surface area contributed by atoms with E-state index in [-0.39, 0.29) is 25.0 Å². The second-order valence-electron chi connectivity index (χ2n) is 7.64. The second-order valence-corrected chi connectivity index (χ2v) is 7.64. The van der Waals surface area contributed by atoms with Gasteiger partial charge in [0.15, 0.2) is 0 Å². The van der Waals surface area contributed by atoms with Crippen LogP contribution in [-0.2, 0) is 4.79 Å². The molecule has 2 N–H and O–H groups in total. The lowest BCUT2D eigenvalue weighted by molar-refractivity contribution is -0.136. The third-order valence-corrected chi connectivity index (χ3v) is 5.17. The van der Waals surface area contributed by atoms with E-state index in [2.05, 4.69) is 17.4 Å². The largest absolute Gasteiger partial charge is 0.486 e. The molecular formula is C25H28N2O5. The van der Waals surface area contributed by atoms with Crippen LogP contribution >= 0.6 is 0 Å². The minimum atomic E-state index is -0.945. The maximum absolute atomic E-state index is 12.2. The molecule has 0 bridgehead atoms. The van der Waals surface area contributed by atoms with Gasteiger partial charge in [-0.25, -0.2) is 0 Å². The van der Waals surface area contributed by atoms with Crippen LogP contribution in [0.2, 0.25) is 0 Å². The molecule has 0 saturated carbocycles. The predicted molar refractivity (Wildman–Crippen MR) is 121 cm³/mol. The highest BCUT2D eigenvalue weighted by molar-refractivity contribution is 5.94. The van der Waals surface area contributed by atoms with Gasteiger partial charge < -0.3 is 19.7 Å². The highest BCUT2D eigenvalue weighted by Gasteiger charge is 2.15. The van der Waals surface area contributed by atoms with Gasteiger partial charge in [0.05, 0.1) is 12.1 Å². The standard InChI is InChI=1S/C25H28N2O5/c1-4-5-22(18-6-8-20(9-7-18)25(30)26-15-14-23(28)29)31-21-12-10-19(11-13-21)24-16(2)27-32-17(24)3/h6-13,22H,4-5,14-15H2,1-3H3,(H,26,30)(H,28,29). The molecule has 2 aromatic carbocycles.